The summed E-state index contributed by atoms with van der Waals surface area (Å²) in [5, 5.41) is 8.81. The number of rotatable bonds is 6. The van der Waals surface area contributed by atoms with Gasteiger partial charge in [-0.1, -0.05) is 69.0 Å². The zero-order valence-electron chi connectivity index (χ0n) is 17.0. The third-order valence-electron chi connectivity index (χ3n) is 4.56. The fourth-order valence-electron chi connectivity index (χ4n) is 2.84. The van der Waals surface area contributed by atoms with E-state index >= 15 is 0 Å². The van der Waals surface area contributed by atoms with Gasteiger partial charge in [0, 0.05) is 6.54 Å². The van der Waals surface area contributed by atoms with Gasteiger partial charge in [-0.2, -0.15) is 0 Å². The van der Waals surface area contributed by atoms with E-state index in [0.29, 0.717) is 15.0 Å². The minimum absolute atomic E-state index is 0. The summed E-state index contributed by atoms with van der Waals surface area (Å²) in [5.41, 5.74) is 2.17. The number of carbonyl (C=O) groups excluding carboxylic acids is 1. The van der Waals surface area contributed by atoms with Crippen LogP contribution in [-0.4, -0.2) is 62.3 Å². The molecule has 1 fully saturated rings. The number of carboxylic acid groups (broad SMARTS) is 1. The monoisotopic (exact) mass is 465 g/mol. The Kier molecular flexibility index (Phi) is 8.92. The molecule has 158 valence electrons. The van der Waals surface area contributed by atoms with Crippen LogP contribution in [0.4, 0.5) is 0 Å². The molecule has 0 saturated carbocycles. The molecule has 1 aliphatic heterocycles. The van der Waals surface area contributed by atoms with Crippen LogP contribution >= 0.6 is 24.0 Å². The zero-order chi connectivity index (χ0) is 21.9. The Morgan fingerprint density at radius 1 is 1.10 bits per heavy atom. The van der Waals surface area contributed by atoms with Gasteiger partial charge in [-0.3, -0.25) is 14.5 Å². The molecule has 1 amide bonds. The van der Waals surface area contributed by atoms with Gasteiger partial charge in [-0.15, -0.1) is 0 Å². The molecule has 0 aromatic heterocycles. The van der Waals surface area contributed by atoms with Crippen molar-refractivity contribution in [2.75, 3.05) is 6.54 Å². The van der Waals surface area contributed by atoms with Crippen LogP contribution in [0.3, 0.4) is 0 Å². The van der Waals surface area contributed by atoms with Gasteiger partial charge in [0.1, 0.15) is 15.8 Å². The summed E-state index contributed by atoms with van der Waals surface area (Å²) in [6.07, 6.45) is 1.62. The van der Waals surface area contributed by atoms with Crippen molar-refractivity contribution in [2.24, 2.45) is 0 Å². The van der Waals surface area contributed by atoms with Gasteiger partial charge < -0.3 is 9.84 Å². The summed E-state index contributed by atoms with van der Waals surface area (Å²) in [7, 11) is 0. The summed E-state index contributed by atoms with van der Waals surface area (Å²) in [4.78, 5) is 25.0. The van der Waals surface area contributed by atoms with Crippen LogP contribution in [0.5, 0.6) is 11.5 Å². The third kappa shape index (κ3) is 6.92. The van der Waals surface area contributed by atoms with Crippen molar-refractivity contribution >= 4 is 75.8 Å². The standard InChI is InChI=1S/C23H23NO4S2.Na.H/c1-23(2,3)16-6-10-18(11-7-16)28-17-8-4-15(5-9-17)14-19-21(27)24(22(29)30-19)13-12-20(25)26;;/h4-11,14H,12-13H2,1-3H3,(H,25,26);;/b19-14+;;. The molecule has 0 bridgehead atoms. The molecule has 1 saturated heterocycles. The van der Waals surface area contributed by atoms with Crippen molar-refractivity contribution in [3.63, 3.8) is 0 Å². The molecule has 1 aliphatic rings. The van der Waals surface area contributed by atoms with Gasteiger partial charge in [0.15, 0.2) is 0 Å². The number of nitrogens with zero attached hydrogens (tertiary/aromatic N) is 1. The van der Waals surface area contributed by atoms with Gasteiger partial charge in [0.2, 0.25) is 0 Å². The van der Waals surface area contributed by atoms with Gasteiger partial charge in [-0.05, 0) is 46.9 Å². The quantitative estimate of drug-likeness (QED) is 0.375. The number of amides is 1. The van der Waals surface area contributed by atoms with Crippen molar-refractivity contribution in [2.45, 2.75) is 32.6 Å². The molecule has 31 heavy (non-hydrogen) atoms. The topological polar surface area (TPSA) is 66.8 Å². The molecule has 1 N–H and O–H groups in total. The Morgan fingerprint density at radius 3 is 2.16 bits per heavy atom. The number of hydrogen-bond donors (Lipinski definition) is 1. The summed E-state index contributed by atoms with van der Waals surface area (Å²) in [6, 6.07) is 15.5. The first kappa shape index (κ1) is 25.6. The van der Waals surface area contributed by atoms with Crippen LogP contribution in [0.15, 0.2) is 53.4 Å². The average Bonchev–Trinajstić information content (AvgIpc) is 2.94. The van der Waals surface area contributed by atoms with Crippen molar-refractivity contribution in [1.29, 1.82) is 0 Å². The molecular weight excluding hydrogens is 441 g/mol. The average molecular weight is 466 g/mol. The van der Waals surface area contributed by atoms with E-state index in [1.807, 2.05) is 36.4 Å². The number of ether oxygens (including phenoxy) is 1. The summed E-state index contributed by atoms with van der Waals surface area (Å²) >= 11 is 6.39. The van der Waals surface area contributed by atoms with E-state index in [-0.39, 0.29) is 53.8 Å². The molecule has 5 nitrogen and oxygen atoms in total. The van der Waals surface area contributed by atoms with Crippen molar-refractivity contribution < 1.29 is 19.4 Å². The number of aliphatic carboxylic acids is 1. The van der Waals surface area contributed by atoms with Crippen LogP contribution in [0, 0.1) is 0 Å². The van der Waals surface area contributed by atoms with Crippen LogP contribution in [0.1, 0.15) is 38.3 Å². The fraction of sp³-hybridized carbons (Fsp3) is 0.261. The van der Waals surface area contributed by atoms with Gasteiger partial charge in [0.25, 0.3) is 5.91 Å². The summed E-state index contributed by atoms with van der Waals surface area (Å²) in [6.45, 7) is 6.59. The zero-order valence-corrected chi connectivity index (χ0v) is 18.7. The number of benzene rings is 2. The van der Waals surface area contributed by atoms with E-state index in [9.17, 15) is 9.59 Å². The third-order valence-corrected chi connectivity index (χ3v) is 5.93. The first-order valence-electron chi connectivity index (χ1n) is 9.49. The Bertz CT molecular complexity index is 996. The first-order chi connectivity index (χ1) is 14.1. The molecule has 2 aromatic carbocycles. The molecule has 1 heterocycles. The number of carboxylic acids is 1. The normalized spacial score (nSPS) is 15.2. The van der Waals surface area contributed by atoms with Gasteiger partial charge >= 0.3 is 35.5 Å². The molecule has 0 atom stereocenters. The molecule has 0 radical (unpaired) electrons. The van der Waals surface area contributed by atoms with E-state index in [4.69, 9.17) is 22.1 Å². The summed E-state index contributed by atoms with van der Waals surface area (Å²) in [5.74, 6) is 0.238. The summed E-state index contributed by atoms with van der Waals surface area (Å²) < 4.78 is 6.28. The van der Waals surface area contributed by atoms with Crippen LogP contribution in [0.2, 0.25) is 0 Å². The van der Waals surface area contributed by atoms with Crippen molar-refractivity contribution in [3.05, 3.63) is 64.6 Å². The van der Waals surface area contributed by atoms with E-state index in [2.05, 4.69) is 32.9 Å². The Balaban J connectivity index is 0.00000341. The molecule has 0 aliphatic carbocycles. The Labute approximate surface area is 214 Å². The maximum absolute atomic E-state index is 12.5. The Hall–Kier alpha value is -1.64. The van der Waals surface area contributed by atoms with Crippen LogP contribution in [-0.2, 0) is 15.0 Å². The Morgan fingerprint density at radius 2 is 1.65 bits per heavy atom. The predicted octanol–water partition coefficient (Wildman–Crippen LogP) is 4.80. The maximum atomic E-state index is 12.5. The molecular formula is C23H24NNaO4S2. The van der Waals surface area contributed by atoms with E-state index in [0.717, 1.165) is 11.3 Å². The fourth-order valence-corrected chi connectivity index (χ4v) is 4.15. The van der Waals surface area contributed by atoms with Gasteiger partial charge in [-0.25, -0.2) is 0 Å². The number of thiocarbonyl (C=S) groups is 1. The molecule has 8 heteroatoms. The van der Waals surface area contributed by atoms with Crippen molar-refractivity contribution in [3.8, 4) is 11.5 Å². The second-order valence-electron chi connectivity index (χ2n) is 7.92. The second kappa shape index (κ2) is 10.8. The van der Waals surface area contributed by atoms with E-state index in [1.54, 1.807) is 6.08 Å². The van der Waals surface area contributed by atoms with E-state index in [1.165, 1.54) is 22.2 Å². The predicted molar refractivity (Wildman–Crippen MR) is 131 cm³/mol. The van der Waals surface area contributed by atoms with Crippen molar-refractivity contribution in [1.82, 2.24) is 4.90 Å². The number of thioether (sulfide) groups is 1. The second-order valence-corrected chi connectivity index (χ2v) is 9.60. The van der Waals surface area contributed by atoms with Crippen LogP contribution < -0.4 is 4.74 Å². The number of carbonyl (C=O) groups is 2. The molecule has 0 spiro atoms. The molecule has 3 rings (SSSR count). The van der Waals surface area contributed by atoms with E-state index < -0.39 is 5.97 Å². The van der Waals surface area contributed by atoms with Gasteiger partial charge in [0.05, 0.1) is 11.3 Å². The van der Waals surface area contributed by atoms with Crippen LogP contribution in [0.25, 0.3) is 6.08 Å². The number of hydrogen-bond acceptors (Lipinski definition) is 5. The minimum atomic E-state index is -0.961. The SMILES string of the molecule is CC(C)(C)c1ccc(Oc2ccc(/C=C3/SC(=S)N(CCC(=O)O)C3=O)cc2)cc1.[NaH]. The molecule has 0 unspecified atom stereocenters. The first-order valence-corrected chi connectivity index (χ1v) is 10.7. The molecule has 2 aromatic rings.